The van der Waals surface area contributed by atoms with Gasteiger partial charge < -0.3 is 4.74 Å². The molecule has 2 aliphatic rings. The number of unbranched alkanes of at least 4 members (excludes halogenated alkanes) is 1. The Morgan fingerprint density at radius 2 is 1.36 bits per heavy atom. The molecule has 0 atom stereocenters. The van der Waals surface area contributed by atoms with Crippen LogP contribution in [0.25, 0.3) is 0 Å². The highest BCUT2D eigenvalue weighted by Crippen LogP contribution is 2.42. The second-order valence-corrected chi connectivity index (χ2v) is 7.61. The Kier molecular flexibility index (Phi) is 8.30. The van der Waals surface area contributed by atoms with E-state index in [0.29, 0.717) is 0 Å². The summed E-state index contributed by atoms with van der Waals surface area (Å²) >= 11 is 0. The topological polar surface area (TPSA) is 9.23 Å². The van der Waals surface area contributed by atoms with E-state index >= 15 is 0 Å². The Morgan fingerprint density at radius 1 is 0.773 bits per heavy atom. The third kappa shape index (κ3) is 5.91. The molecule has 2 aliphatic carbocycles. The van der Waals surface area contributed by atoms with Crippen LogP contribution in [0, 0.1) is 23.7 Å². The lowest BCUT2D eigenvalue weighted by atomic mass is 9.69. The van der Waals surface area contributed by atoms with Crippen LogP contribution in [0.3, 0.4) is 0 Å². The summed E-state index contributed by atoms with van der Waals surface area (Å²) in [6, 6.07) is 0. The Balaban J connectivity index is 1.60. The van der Waals surface area contributed by atoms with Crippen molar-refractivity contribution in [3.63, 3.8) is 0 Å². The summed E-state index contributed by atoms with van der Waals surface area (Å²) in [5, 5.41) is 0. The van der Waals surface area contributed by atoms with Crippen molar-refractivity contribution in [1.29, 1.82) is 0 Å². The summed E-state index contributed by atoms with van der Waals surface area (Å²) in [7, 11) is 0. The molecule has 2 fully saturated rings. The lowest BCUT2D eigenvalue weighted by molar-refractivity contribution is 0.0780. The summed E-state index contributed by atoms with van der Waals surface area (Å²) in [6.45, 7) is 9.22. The van der Waals surface area contributed by atoms with Gasteiger partial charge >= 0.3 is 0 Å². The van der Waals surface area contributed by atoms with E-state index in [9.17, 15) is 0 Å². The van der Waals surface area contributed by atoms with Crippen molar-refractivity contribution in [2.45, 2.75) is 70.6 Å². The molecule has 0 N–H and O–H groups in total. The molecule has 2 saturated carbocycles. The van der Waals surface area contributed by atoms with E-state index in [4.69, 9.17) is 4.74 Å². The molecule has 0 amide bonds. The van der Waals surface area contributed by atoms with Crippen molar-refractivity contribution < 1.29 is 4.74 Å². The monoisotopic (exact) mass is 304 g/mol. The third-order valence-corrected chi connectivity index (χ3v) is 6.06. The highest BCUT2D eigenvalue weighted by Gasteiger charge is 2.30. The van der Waals surface area contributed by atoms with E-state index in [-0.39, 0.29) is 0 Å². The first-order valence-electron chi connectivity index (χ1n) is 9.63. The zero-order chi connectivity index (χ0) is 15.6. The predicted octanol–water partition coefficient (Wildman–Crippen LogP) is 6.16. The minimum Gasteiger partial charge on any atom is -0.377 e. The van der Waals surface area contributed by atoms with Crippen molar-refractivity contribution in [2.75, 3.05) is 13.2 Å². The predicted molar refractivity (Wildman–Crippen MR) is 96.0 cm³/mol. The van der Waals surface area contributed by atoms with Crippen LogP contribution < -0.4 is 0 Å². The molecule has 1 nitrogen and oxygen atoms in total. The molecule has 1 heteroatoms. The minimum absolute atomic E-state index is 0.718. The molecule has 0 aliphatic heterocycles. The van der Waals surface area contributed by atoms with E-state index in [2.05, 4.69) is 19.2 Å². The zero-order valence-electron chi connectivity index (χ0n) is 14.5. The number of allylic oxidation sites excluding steroid dienone is 1. The summed E-state index contributed by atoms with van der Waals surface area (Å²) < 4.78 is 5.64. The molecule has 0 heterocycles. The maximum atomic E-state index is 5.64. The number of hydrogen-bond acceptors (Lipinski definition) is 1. The quantitative estimate of drug-likeness (QED) is 0.366. The van der Waals surface area contributed by atoms with E-state index < -0.39 is 0 Å². The molecular formula is C21H36O. The SMILES string of the molecule is C=CCCC[C@H]1CC[C@H](C2CCC(COCC=C)CC2)CC1. The van der Waals surface area contributed by atoms with Gasteiger partial charge in [-0.2, -0.15) is 0 Å². The molecule has 0 radical (unpaired) electrons. The maximum Gasteiger partial charge on any atom is 0.0644 e. The highest BCUT2D eigenvalue weighted by molar-refractivity contribution is 4.82. The average Bonchev–Trinajstić information content (AvgIpc) is 2.57. The van der Waals surface area contributed by atoms with E-state index in [1.165, 1.54) is 70.6 Å². The van der Waals surface area contributed by atoms with Gasteiger partial charge in [0.2, 0.25) is 0 Å². The van der Waals surface area contributed by atoms with E-state index in [1.807, 2.05) is 6.08 Å². The smallest absolute Gasteiger partial charge is 0.0644 e. The third-order valence-electron chi connectivity index (χ3n) is 6.06. The largest absolute Gasteiger partial charge is 0.377 e. The van der Waals surface area contributed by atoms with Gasteiger partial charge in [0.25, 0.3) is 0 Å². The van der Waals surface area contributed by atoms with Crippen LogP contribution in [0.4, 0.5) is 0 Å². The fraction of sp³-hybridized carbons (Fsp3) is 0.810. The lowest BCUT2D eigenvalue weighted by Crippen LogP contribution is -2.27. The van der Waals surface area contributed by atoms with Crippen LogP contribution in [-0.4, -0.2) is 13.2 Å². The molecule has 0 spiro atoms. The standard InChI is InChI=1S/C21H36O/c1-3-5-6-7-18-8-12-20(13-9-18)21-14-10-19(11-15-21)17-22-16-4-2/h3-4,18-21H,1-2,5-17H2/t18-,19?,20-,21?. The van der Waals surface area contributed by atoms with Gasteiger partial charge in [0.05, 0.1) is 6.61 Å². The molecule has 0 aromatic rings. The van der Waals surface area contributed by atoms with Gasteiger partial charge in [0.15, 0.2) is 0 Å². The Hall–Kier alpha value is -0.560. The van der Waals surface area contributed by atoms with Crippen molar-refractivity contribution >= 4 is 0 Å². The van der Waals surface area contributed by atoms with Crippen LogP contribution in [0.2, 0.25) is 0 Å². The molecule has 0 unspecified atom stereocenters. The van der Waals surface area contributed by atoms with Gasteiger partial charge in [0, 0.05) is 6.61 Å². The Labute approximate surface area is 138 Å². The Morgan fingerprint density at radius 3 is 1.91 bits per heavy atom. The first-order valence-corrected chi connectivity index (χ1v) is 9.63. The molecule has 0 saturated heterocycles. The second-order valence-electron chi connectivity index (χ2n) is 7.61. The van der Waals surface area contributed by atoms with Crippen LogP contribution >= 0.6 is 0 Å². The first-order chi connectivity index (χ1) is 10.8. The van der Waals surface area contributed by atoms with Crippen molar-refractivity contribution in [3.05, 3.63) is 25.3 Å². The van der Waals surface area contributed by atoms with Crippen molar-refractivity contribution in [1.82, 2.24) is 0 Å². The van der Waals surface area contributed by atoms with Gasteiger partial charge in [0.1, 0.15) is 0 Å². The van der Waals surface area contributed by atoms with Gasteiger partial charge in [-0.15, -0.1) is 13.2 Å². The number of rotatable bonds is 9. The second kappa shape index (κ2) is 10.3. The molecule has 22 heavy (non-hydrogen) atoms. The van der Waals surface area contributed by atoms with Crippen LogP contribution in [0.5, 0.6) is 0 Å². The fourth-order valence-electron chi connectivity index (χ4n) is 4.64. The fourth-order valence-corrected chi connectivity index (χ4v) is 4.64. The summed E-state index contributed by atoms with van der Waals surface area (Å²) in [6.07, 6.45) is 19.6. The van der Waals surface area contributed by atoms with Gasteiger partial charge in [-0.25, -0.2) is 0 Å². The first kappa shape index (κ1) is 17.8. The van der Waals surface area contributed by atoms with Crippen LogP contribution in [0.1, 0.15) is 70.6 Å². The molecular weight excluding hydrogens is 268 g/mol. The minimum atomic E-state index is 0.718. The number of hydrogen-bond donors (Lipinski definition) is 0. The van der Waals surface area contributed by atoms with Crippen LogP contribution in [0.15, 0.2) is 25.3 Å². The van der Waals surface area contributed by atoms with E-state index in [0.717, 1.165) is 36.9 Å². The molecule has 126 valence electrons. The van der Waals surface area contributed by atoms with Crippen LogP contribution in [-0.2, 0) is 4.74 Å². The van der Waals surface area contributed by atoms with Crippen molar-refractivity contribution in [3.8, 4) is 0 Å². The molecule has 0 aromatic carbocycles. The molecule has 0 bridgehead atoms. The summed E-state index contributed by atoms with van der Waals surface area (Å²) in [5.74, 6) is 3.88. The summed E-state index contributed by atoms with van der Waals surface area (Å²) in [4.78, 5) is 0. The van der Waals surface area contributed by atoms with Crippen molar-refractivity contribution in [2.24, 2.45) is 23.7 Å². The average molecular weight is 305 g/mol. The van der Waals surface area contributed by atoms with Gasteiger partial charge in [-0.1, -0.05) is 31.4 Å². The summed E-state index contributed by atoms with van der Waals surface area (Å²) in [5.41, 5.74) is 0. The number of ether oxygens (including phenoxy) is 1. The normalized spacial score (nSPS) is 32.5. The maximum absolute atomic E-state index is 5.64. The molecule has 2 rings (SSSR count). The van der Waals surface area contributed by atoms with E-state index in [1.54, 1.807) is 0 Å². The lowest BCUT2D eigenvalue weighted by Gasteiger charge is -2.37. The molecule has 0 aromatic heterocycles. The Bertz CT molecular complexity index is 274. The highest BCUT2D eigenvalue weighted by atomic mass is 16.5. The zero-order valence-corrected chi connectivity index (χ0v) is 14.5. The van der Waals surface area contributed by atoms with Gasteiger partial charge in [-0.3, -0.25) is 0 Å². The van der Waals surface area contributed by atoms with Gasteiger partial charge in [-0.05, 0) is 75.0 Å².